The number of hydrogen-bond acceptors (Lipinski definition) is 3. The van der Waals surface area contributed by atoms with Crippen LogP contribution in [0.5, 0.6) is 0 Å². The minimum Gasteiger partial charge on any atom is -0.298 e. The van der Waals surface area contributed by atoms with Crippen molar-refractivity contribution in [3.63, 3.8) is 0 Å². The van der Waals surface area contributed by atoms with E-state index in [0.717, 1.165) is 0 Å². The molecule has 1 atom stereocenters. The summed E-state index contributed by atoms with van der Waals surface area (Å²) in [5, 5.41) is 0. The lowest BCUT2D eigenvalue weighted by Gasteiger charge is -2.15. The van der Waals surface area contributed by atoms with Crippen LogP contribution < -0.4 is 5.48 Å². The van der Waals surface area contributed by atoms with E-state index >= 15 is 0 Å². The molecule has 3 nitrogen and oxygen atoms in total. The maximum atomic E-state index is 10.8. The van der Waals surface area contributed by atoms with E-state index in [2.05, 4.69) is 9.87 Å². The molecular formula is C6H12ClNO2. The van der Waals surface area contributed by atoms with Crippen LogP contribution in [0.4, 0.5) is 0 Å². The van der Waals surface area contributed by atoms with Crippen LogP contribution in [0, 0.1) is 5.92 Å². The van der Waals surface area contributed by atoms with Crippen LogP contribution in [-0.2, 0) is 9.18 Å². The molecule has 0 aliphatic heterocycles. The van der Waals surface area contributed by atoms with Crippen LogP contribution in [0.1, 0.15) is 20.8 Å². The fourth-order valence-electron chi connectivity index (χ4n) is 0.736. The number of rotatable bonds is 4. The van der Waals surface area contributed by atoms with Gasteiger partial charge in [-0.3, -0.25) is 4.79 Å². The van der Waals surface area contributed by atoms with Crippen LogP contribution in [0.15, 0.2) is 0 Å². The monoisotopic (exact) mass is 165 g/mol. The van der Waals surface area contributed by atoms with Gasteiger partial charge in [-0.2, -0.15) is 9.87 Å². The molecule has 0 aromatic heterocycles. The van der Waals surface area contributed by atoms with Crippen molar-refractivity contribution in [1.82, 2.24) is 5.48 Å². The molecule has 0 spiro atoms. The van der Waals surface area contributed by atoms with E-state index in [1.807, 2.05) is 13.8 Å². The van der Waals surface area contributed by atoms with Gasteiger partial charge in [-0.05, 0) is 12.8 Å². The number of carbonyl (C=O) groups excluding carboxylic acids is 1. The molecule has 0 aliphatic carbocycles. The van der Waals surface area contributed by atoms with Crippen molar-refractivity contribution in [2.24, 2.45) is 5.92 Å². The smallest absolute Gasteiger partial charge is 0.149 e. The molecule has 1 unspecified atom stereocenters. The Balaban J connectivity index is 3.85. The normalized spacial score (nSPS) is 13.7. The first-order valence-corrected chi connectivity index (χ1v) is 3.44. The van der Waals surface area contributed by atoms with Gasteiger partial charge in [0.25, 0.3) is 0 Å². The van der Waals surface area contributed by atoms with E-state index in [9.17, 15) is 4.79 Å². The maximum absolute atomic E-state index is 10.8. The molecule has 0 amide bonds. The summed E-state index contributed by atoms with van der Waals surface area (Å²) in [7, 11) is 0. The number of hydroxylamine groups is 1. The van der Waals surface area contributed by atoms with Crippen LogP contribution in [0.2, 0.25) is 0 Å². The fraction of sp³-hybridized carbons (Fsp3) is 0.833. The molecular weight excluding hydrogens is 154 g/mol. The second-order valence-corrected chi connectivity index (χ2v) is 2.68. The Morgan fingerprint density at radius 1 is 1.60 bits per heavy atom. The summed E-state index contributed by atoms with van der Waals surface area (Å²) in [6.07, 6.45) is 0. The molecule has 0 aromatic rings. The highest BCUT2D eigenvalue weighted by Gasteiger charge is 2.17. The van der Waals surface area contributed by atoms with E-state index in [4.69, 9.17) is 11.9 Å². The lowest BCUT2D eigenvalue weighted by molar-refractivity contribution is -0.122. The van der Waals surface area contributed by atoms with E-state index in [0.29, 0.717) is 0 Å². The summed E-state index contributed by atoms with van der Waals surface area (Å²) in [5.41, 5.74) is 2.40. The Kier molecular flexibility index (Phi) is 4.60. The first kappa shape index (κ1) is 9.88. The third-order valence-corrected chi connectivity index (χ3v) is 1.37. The van der Waals surface area contributed by atoms with E-state index in [1.165, 1.54) is 6.92 Å². The molecule has 60 valence electrons. The van der Waals surface area contributed by atoms with Crippen LogP contribution in [0.3, 0.4) is 0 Å². The molecule has 1 N–H and O–H groups in total. The second kappa shape index (κ2) is 4.66. The van der Waals surface area contributed by atoms with Gasteiger partial charge in [0, 0.05) is 0 Å². The predicted octanol–water partition coefficient (Wildman–Crippen LogP) is 1.27. The summed E-state index contributed by atoms with van der Waals surface area (Å²) in [6.45, 7) is 5.32. The standard InChI is InChI=1S/C6H12ClNO2/c1-4(2)6(5(3)9)8-10-7/h4,6,8H,1-3H3. The number of carbonyl (C=O) groups is 1. The number of ketones is 1. The van der Waals surface area contributed by atoms with Crippen molar-refractivity contribution < 1.29 is 9.18 Å². The van der Waals surface area contributed by atoms with Gasteiger partial charge in [0.05, 0.1) is 17.9 Å². The molecule has 0 saturated heterocycles. The Morgan fingerprint density at radius 3 is 2.20 bits per heavy atom. The average molecular weight is 166 g/mol. The first-order chi connectivity index (χ1) is 4.59. The third-order valence-electron chi connectivity index (χ3n) is 1.28. The first-order valence-electron chi connectivity index (χ1n) is 3.13. The average Bonchev–Trinajstić information content (AvgIpc) is 1.81. The van der Waals surface area contributed by atoms with Crippen LogP contribution in [0.25, 0.3) is 0 Å². The molecule has 10 heavy (non-hydrogen) atoms. The number of nitrogens with one attached hydrogen (secondary N) is 1. The molecule has 0 rings (SSSR count). The molecule has 0 bridgehead atoms. The highest BCUT2D eigenvalue weighted by molar-refractivity contribution is 6.07. The minimum absolute atomic E-state index is 0.0238. The van der Waals surface area contributed by atoms with Gasteiger partial charge in [0.1, 0.15) is 5.78 Å². The zero-order valence-corrected chi connectivity index (χ0v) is 7.11. The van der Waals surface area contributed by atoms with Crippen molar-refractivity contribution >= 4 is 17.6 Å². The summed E-state index contributed by atoms with van der Waals surface area (Å²) in [5.74, 6) is 0.215. The van der Waals surface area contributed by atoms with Gasteiger partial charge in [-0.25, -0.2) is 0 Å². The lowest BCUT2D eigenvalue weighted by Crippen LogP contribution is -2.37. The van der Waals surface area contributed by atoms with E-state index < -0.39 is 0 Å². The number of Topliss-reactive ketones (excluding diaryl/α,β-unsaturated/α-hetero) is 1. The van der Waals surface area contributed by atoms with Gasteiger partial charge in [-0.15, -0.1) is 0 Å². The van der Waals surface area contributed by atoms with Gasteiger partial charge in [0.15, 0.2) is 0 Å². The summed E-state index contributed by atoms with van der Waals surface area (Å²) >= 11 is 4.92. The minimum atomic E-state index is -0.308. The summed E-state index contributed by atoms with van der Waals surface area (Å²) in [4.78, 5) is 10.8. The van der Waals surface area contributed by atoms with Crippen molar-refractivity contribution in [2.75, 3.05) is 0 Å². The third kappa shape index (κ3) is 3.15. The highest BCUT2D eigenvalue weighted by atomic mass is 35.5. The molecule has 0 aromatic carbocycles. The Labute approximate surface area is 65.8 Å². The second-order valence-electron chi connectivity index (χ2n) is 2.53. The zero-order valence-electron chi connectivity index (χ0n) is 6.35. The SMILES string of the molecule is CC(=O)C(NOCl)C(C)C. The van der Waals surface area contributed by atoms with Crippen molar-refractivity contribution in [3.8, 4) is 0 Å². The number of halogens is 1. The Hall–Kier alpha value is -0.120. The van der Waals surface area contributed by atoms with Crippen LogP contribution in [-0.4, -0.2) is 11.8 Å². The lowest BCUT2D eigenvalue weighted by atomic mass is 10.0. The Morgan fingerprint density at radius 2 is 2.10 bits per heavy atom. The molecule has 4 heteroatoms. The zero-order chi connectivity index (χ0) is 8.15. The molecule has 0 radical (unpaired) electrons. The highest BCUT2D eigenvalue weighted by Crippen LogP contribution is 2.02. The van der Waals surface area contributed by atoms with Gasteiger partial charge in [-0.1, -0.05) is 13.8 Å². The Bertz CT molecular complexity index is 116. The molecule has 0 saturated carbocycles. The van der Waals surface area contributed by atoms with Crippen molar-refractivity contribution in [2.45, 2.75) is 26.8 Å². The summed E-state index contributed by atoms with van der Waals surface area (Å²) in [6, 6.07) is -0.308. The largest absolute Gasteiger partial charge is 0.298 e. The topological polar surface area (TPSA) is 38.3 Å². The molecule has 0 heterocycles. The fourth-order valence-corrected chi connectivity index (χ4v) is 0.832. The van der Waals surface area contributed by atoms with Crippen molar-refractivity contribution in [3.05, 3.63) is 0 Å². The quantitative estimate of drug-likeness (QED) is 0.638. The van der Waals surface area contributed by atoms with E-state index in [-0.39, 0.29) is 17.7 Å². The van der Waals surface area contributed by atoms with Gasteiger partial charge < -0.3 is 0 Å². The van der Waals surface area contributed by atoms with Crippen molar-refractivity contribution in [1.29, 1.82) is 0 Å². The number of hydrogen-bond donors (Lipinski definition) is 1. The van der Waals surface area contributed by atoms with Gasteiger partial charge in [0.2, 0.25) is 0 Å². The molecule has 0 fully saturated rings. The van der Waals surface area contributed by atoms with Gasteiger partial charge >= 0.3 is 0 Å². The summed E-state index contributed by atoms with van der Waals surface area (Å²) < 4.78 is 4.13. The van der Waals surface area contributed by atoms with Crippen LogP contribution >= 0.6 is 11.9 Å². The maximum Gasteiger partial charge on any atom is 0.149 e. The van der Waals surface area contributed by atoms with E-state index in [1.54, 1.807) is 0 Å². The molecule has 0 aliphatic rings. The predicted molar refractivity (Wildman–Crippen MR) is 39.4 cm³/mol.